The van der Waals surface area contributed by atoms with Gasteiger partial charge in [0.05, 0.1) is 0 Å². The highest BCUT2D eigenvalue weighted by atomic mass is 14.3. The van der Waals surface area contributed by atoms with Gasteiger partial charge < -0.3 is 0 Å². The van der Waals surface area contributed by atoms with E-state index >= 15 is 0 Å². The van der Waals surface area contributed by atoms with Crippen molar-refractivity contribution in [3.05, 3.63) is 41.5 Å². The van der Waals surface area contributed by atoms with Crippen LogP contribution in [0.4, 0.5) is 0 Å². The van der Waals surface area contributed by atoms with E-state index in [1.807, 2.05) is 0 Å². The first-order valence-electron chi connectivity index (χ1n) is 9.55. The molecule has 1 aromatic rings. The Kier molecular flexibility index (Phi) is 5.39. The fraction of sp³-hybridized carbons (Fsp3) is 0.636. The summed E-state index contributed by atoms with van der Waals surface area (Å²) in [7, 11) is 0. The predicted octanol–water partition coefficient (Wildman–Crippen LogP) is 6.96. The Hall–Kier alpha value is -1.04. The van der Waals surface area contributed by atoms with Crippen LogP contribution in [-0.4, -0.2) is 0 Å². The van der Waals surface area contributed by atoms with Gasteiger partial charge in [-0.3, -0.25) is 0 Å². The smallest absolute Gasteiger partial charge is 0.0162 e. The fourth-order valence-electron chi connectivity index (χ4n) is 4.38. The normalized spacial score (nSPS) is 29.2. The highest BCUT2D eigenvalue weighted by Gasteiger charge is 2.20. The number of rotatable bonds is 4. The van der Waals surface area contributed by atoms with Crippen molar-refractivity contribution in [2.75, 3.05) is 0 Å². The van der Waals surface area contributed by atoms with Crippen LogP contribution in [0.5, 0.6) is 0 Å². The molecule has 3 rings (SSSR count). The van der Waals surface area contributed by atoms with E-state index in [1.165, 1.54) is 63.4 Å². The maximum absolute atomic E-state index is 2.52. The molecule has 0 N–H and O–H groups in total. The summed E-state index contributed by atoms with van der Waals surface area (Å²) < 4.78 is 0. The quantitative estimate of drug-likeness (QED) is 0.563. The number of hydrogen-bond donors (Lipinski definition) is 0. The van der Waals surface area contributed by atoms with Gasteiger partial charge in [-0.15, -0.1) is 0 Å². The zero-order valence-corrected chi connectivity index (χ0v) is 14.5. The minimum absolute atomic E-state index is 0.819. The van der Waals surface area contributed by atoms with Crippen LogP contribution in [0.3, 0.4) is 0 Å². The molecule has 22 heavy (non-hydrogen) atoms. The lowest BCUT2D eigenvalue weighted by atomic mass is 9.79. The Morgan fingerprint density at radius 2 is 1.68 bits per heavy atom. The highest BCUT2D eigenvalue weighted by molar-refractivity contribution is 5.66. The van der Waals surface area contributed by atoms with Gasteiger partial charge in [0.15, 0.2) is 0 Å². The molecule has 1 saturated carbocycles. The van der Waals surface area contributed by atoms with Crippen molar-refractivity contribution < 1.29 is 0 Å². The standard InChI is InChI=1S/C22H32/c1-3-4-18-7-11-20(12-8-18)22-15-13-21(14-16-22)19-9-5-17(2)6-10-19/h11,13-19H,3-10,12H2,1-2H3. The Balaban J connectivity index is 1.62. The van der Waals surface area contributed by atoms with Crippen molar-refractivity contribution in [3.63, 3.8) is 0 Å². The number of allylic oxidation sites excluding steroid dienone is 2. The van der Waals surface area contributed by atoms with E-state index in [4.69, 9.17) is 0 Å². The summed E-state index contributed by atoms with van der Waals surface area (Å²) in [6.07, 6.45) is 14.8. The summed E-state index contributed by atoms with van der Waals surface area (Å²) in [6.45, 7) is 4.71. The van der Waals surface area contributed by atoms with Crippen LogP contribution in [-0.2, 0) is 0 Å². The highest BCUT2D eigenvalue weighted by Crippen LogP contribution is 2.37. The largest absolute Gasteiger partial charge is 0.0804 e. The van der Waals surface area contributed by atoms with E-state index in [0.717, 1.165) is 17.8 Å². The molecule has 0 nitrogen and oxygen atoms in total. The van der Waals surface area contributed by atoms with E-state index in [1.54, 1.807) is 11.1 Å². The van der Waals surface area contributed by atoms with E-state index in [9.17, 15) is 0 Å². The minimum Gasteiger partial charge on any atom is -0.0804 e. The molecule has 1 aromatic carbocycles. The lowest BCUT2D eigenvalue weighted by molar-refractivity contribution is 0.348. The average Bonchev–Trinajstić information content (AvgIpc) is 2.57. The Morgan fingerprint density at radius 1 is 0.955 bits per heavy atom. The summed E-state index contributed by atoms with van der Waals surface area (Å²) in [5.41, 5.74) is 4.65. The Morgan fingerprint density at radius 3 is 2.27 bits per heavy atom. The maximum Gasteiger partial charge on any atom is -0.0162 e. The molecule has 2 aliphatic rings. The van der Waals surface area contributed by atoms with Crippen molar-refractivity contribution in [2.24, 2.45) is 11.8 Å². The first kappa shape index (κ1) is 15.8. The minimum atomic E-state index is 0.819. The first-order valence-corrected chi connectivity index (χ1v) is 9.55. The van der Waals surface area contributed by atoms with Crippen molar-refractivity contribution in [1.82, 2.24) is 0 Å². The molecule has 0 saturated heterocycles. The van der Waals surface area contributed by atoms with Gasteiger partial charge in [0.1, 0.15) is 0 Å². The Labute approximate surface area is 137 Å². The van der Waals surface area contributed by atoms with Gasteiger partial charge in [0.2, 0.25) is 0 Å². The lowest BCUT2D eigenvalue weighted by Gasteiger charge is -2.27. The Bertz CT molecular complexity index is 485. The van der Waals surface area contributed by atoms with Gasteiger partial charge in [-0.05, 0) is 66.6 Å². The van der Waals surface area contributed by atoms with E-state index in [0.29, 0.717) is 0 Å². The second-order valence-electron chi connectivity index (χ2n) is 7.74. The molecule has 0 heterocycles. The van der Waals surface area contributed by atoms with E-state index < -0.39 is 0 Å². The van der Waals surface area contributed by atoms with Gasteiger partial charge in [0, 0.05) is 0 Å². The third kappa shape index (κ3) is 3.83. The van der Waals surface area contributed by atoms with Crippen LogP contribution in [0.25, 0.3) is 5.57 Å². The summed E-state index contributed by atoms with van der Waals surface area (Å²) >= 11 is 0. The number of hydrogen-bond acceptors (Lipinski definition) is 0. The zero-order chi connectivity index (χ0) is 15.4. The van der Waals surface area contributed by atoms with Crippen LogP contribution in [0.2, 0.25) is 0 Å². The molecule has 0 spiro atoms. The molecule has 1 atom stereocenters. The van der Waals surface area contributed by atoms with Crippen molar-refractivity contribution in [1.29, 1.82) is 0 Å². The molecule has 1 unspecified atom stereocenters. The van der Waals surface area contributed by atoms with Crippen molar-refractivity contribution >= 4 is 5.57 Å². The topological polar surface area (TPSA) is 0 Å². The molecule has 120 valence electrons. The average molecular weight is 296 g/mol. The van der Waals surface area contributed by atoms with Crippen LogP contribution in [0.15, 0.2) is 30.3 Å². The maximum atomic E-state index is 2.52. The SMILES string of the molecule is CCCC1CC=C(c2ccc(C3CCC(C)CC3)cc2)CC1. The molecule has 1 fully saturated rings. The second-order valence-corrected chi connectivity index (χ2v) is 7.74. The molecule has 2 aliphatic carbocycles. The van der Waals surface area contributed by atoms with Gasteiger partial charge in [-0.2, -0.15) is 0 Å². The lowest BCUT2D eigenvalue weighted by Crippen LogP contribution is -2.10. The summed E-state index contributed by atoms with van der Waals surface area (Å²) in [4.78, 5) is 0. The second kappa shape index (κ2) is 7.49. The summed E-state index contributed by atoms with van der Waals surface area (Å²) in [6, 6.07) is 9.60. The van der Waals surface area contributed by atoms with Crippen LogP contribution < -0.4 is 0 Å². The van der Waals surface area contributed by atoms with Gasteiger partial charge in [-0.1, -0.05) is 69.9 Å². The van der Waals surface area contributed by atoms with Crippen molar-refractivity contribution in [2.45, 2.75) is 77.6 Å². The molecule has 0 heteroatoms. The van der Waals surface area contributed by atoms with Gasteiger partial charge in [0.25, 0.3) is 0 Å². The van der Waals surface area contributed by atoms with Crippen LogP contribution in [0.1, 0.15) is 88.7 Å². The molecule has 0 amide bonds. The monoisotopic (exact) mass is 296 g/mol. The number of benzene rings is 1. The molecule has 0 aliphatic heterocycles. The molecule has 0 aromatic heterocycles. The molecular weight excluding hydrogens is 264 g/mol. The molecule has 0 bridgehead atoms. The fourth-order valence-corrected chi connectivity index (χ4v) is 4.38. The predicted molar refractivity (Wildman–Crippen MR) is 97.0 cm³/mol. The summed E-state index contributed by atoms with van der Waals surface area (Å²) in [5.74, 6) is 2.70. The van der Waals surface area contributed by atoms with E-state index in [-0.39, 0.29) is 0 Å². The van der Waals surface area contributed by atoms with Gasteiger partial charge >= 0.3 is 0 Å². The third-order valence-corrected chi connectivity index (χ3v) is 5.99. The van der Waals surface area contributed by atoms with Crippen LogP contribution in [0, 0.1) is 11.8 Å². The third-order valence-electron chi connectivity index (χ3n) is 5.99. The zero-order valence-electron chi connectivity index (χ0n) is 14.5. The van der Waals surface area contributed by atoms with E-state index in [2.05, 4.69) is 44.2 Å². The first-order chi connectivity index (χ1) is 10.8. The molecule has 0 radical (unpaired) electrons. The molecular formula is C22H32. The van der Waals surface area contributed by atoms with Crippen LogP contribution >= 0.6 is 0 Å². The van der Waals surface area contributed by atoms with Gasteiger partial charge in [-0.25, -0.2) is 0 Å². The van der Waals surface area contributed by atoms with Crippen molar-refractivity contribution in [3.8, 4) is 0 Å². The summed E-state index contributed by atoms with van der Waals surface area (Å²) in [5, 5.41) is 0.